The van der Waals surface area contributed by atoms with Gasteiger partial charge in [0.1, 0.15) is 12.4 Å². The zero-order valence-electron chi connectivity index (χ0n) is 17.1. The van der Waals surface area contributed by atoms with Gasteiger partial charge in [-0.1, -0.05) is 41.9 Å². The van der Waals surface area contributed by atoms with Gasteiger partial charge in [-0.15, -0.1) is 0 Å². The molecular formula is C24H17ClN4O4. The molecule has 0 spiro atoms. The summed E-state index contributed by atoms with van der Waals surface area (Å²) in [5, 5.41) is 13.5. The smallest absolute Gasteiger partial charge is 0.489 e. The average Bonchev–Trinajstić information content (AvgIpc) is 3.45. The SMILES string of the molecule is O=C(O)Oc1cnn(-c2nc3cc(-c4cccc(OCc5ccc(Cl)cc5)c4)ccc3[nH]2)c1. The topological polar surface area (TPSA) is 102 Å². The lowest BCUT2D eigenvalue weighted by Crippen LogP contribution is -2.02. The fourth-order valence-corrected chi connectivity index (χ4v) is 3.49. The molecule has 5 aromatic rings. The molecule has 9 heteroatoms. The number of halogens is 1. The third kappa shape index (κ3) is 4.65. The predicted octanol–water partition coefficient (Wildman–Crippen LogP) is 5.70. The zero-order valence-corrected chi connectivity index (χ0v) is 17.9. The molecule has 3 aromatic carbocycles. The van der Waals surface area contributed by atoms with Crippen LogP contribution in [0.4, 0.5) is 4.79 Å². The largest absolute Gasteiger partial charge is 0.511 e. The number of imidazole rings is 1. The first kappa shape index (κ1) is 20.6. The molecule has 0 fully saturated rings. The Morgan fingerprint density at radius 2 is 1.85 bits per heavy atom. The molecule has 0 amide bonds. The number of H-pyrrole nitrogens is 1. The molecule has 5 rings (SSSR count). The van der Waals surface area contributed by atoms with Crippen LogP contribution in [0.3, 0.4) is 0 Å². The lowest BCUT2D eigenvalue weighted by atomic mass is 10.0. The lowest BCUT2D eigenvalue weighted by molar-refractivity contribution is 0.144. The second kappa shape index (κ2) is 8.68. The molecule has 0 aliphatic heterocycles. The van der Waals surface area contributed by atoms with Gasteiger partial charge in [-0.2, -0.15) is 5.10 Å². The third-order valence-corrected chi connectivity index (χ3v) is 5.19. The maximum atomic E-state index is 10.7. The van der Waals surface area contributed by atoms with Crippen molar-refractivity contribution in [1.82, 2.24) is 19.7 Å². The first-order chi connectivity index (χ1) is 16.0. The van der Waals surface area contributed by atoms with Crippen LogP contribution in [0.5, 0.6) is 11.5 Å². The molecule has 2 heterocycles. The second-order valence-corrected chi connectivity index (χ2v) is 7.66. The van der Waals surface area contributed by atoms with E-state index in [0.717, 1.165) is 33.5 Å². The minimum Gasteiger partial charge on any atom is -0.489 e. The van der Waals surface area contributed by atoms with Crippen LogP contribution in [0.1, 0.15) is 5.56 Å². The van der Waals surface area contributed by atoms with Crippen LogP contribution in [0.15, 0.2) is 79.1 Å². The summed E-state index contributed by atoms with van der Waals surface area (Å²) < 4.78 is 12.0. The van der Waals surface area contributed by atoms with Gasteiger partial charge in [0, 0.05) is 5.02 Å². The average molecular weight is 461 g/mol. The summed E-state index contributed by atoms with van der Waals surface area (Å²) in [6.45, 7) is 0.444. The molecule has 0 aliphatic carbocycles. The van der Waals surface area contributed by atoms with Crippen LogP contribution in [-0.2, 0) is 6.61 Å². The highest BCUT2D eigenvalue weighted by Gasteiger charge is 2.10. The number of hydrogen-bond donors (Lipinski definition) is 2. The van der Waals surface area contributed by atoms with Crippen molar-refractivity contribution in [3.63, 3.8) is 0 Å². The Bertz CT molecular complexity index is 1440. The van der Waals surface area contributed by atoms with E-state index in [1.54, 1.807) is 0 Å². The van der Waals surface area contributed by atoms with Gasteiger partial charge in [0.25, 0.3) is 0 Å². The van der Waals surface area contributed by atoms with E-state index in [9.17, 15) is 4.79 Å². The van der Waals surface area contributed by atoms with Crippen LogP contribution >= 0.6 is 11.6 Å². The van der Waals surface area contributed by atoms with Gasteiger partial charge in [-0.3, -0.25) is 0 Å². The molecule has 8 nitrogen and oxygen atoms in total. The number of nitrogens with zero attached hydrogens (tertiary/aromatic N) is 3. The summed E-state index contributed by atoms with van der Waals surface area (Å²) in [4.78, 5) is 18.4. The number of aromatic amines is 1. The van der Waals surface area contributed by atoms with E-state index in [2.05, 4.69) is 19.8 Å². The van der Waals surface area contributed by atoms with Gasteiger partial charge in [0.2, 0.25) is 5.95 Å². The van der Waals surface area contributed by atoms with Crippen molar-refractivity contribution >= 4 is 28.8 Å². The number of hydrogen-bond acceptors (Lipinski definition) is 5. The number of nitrogens with one attached hydrogen (secondary N) is 1. The van der Waals surface area contributed by atoms with Crippen molar-refractivity contribution in [3.8, 4) is 28.6 Å². The Kier molecular flexibility index (Phi) is 5.42. The van der Waals surface area contributed by atoms with E-state index in [1.165, 1.54) is 17.1 Å². The summed E-state index contributed by atoms with van der Waals surface area (Å²) in [5.41, 5.74) is 4.57. The van der Waals surface area contributed by atoms with Crippen LogP contribution < -0.4 is 9.47 Å². The maximum absolute atomic E-state index is 10.7. The zero-order chi connectivity index (χ0) is 22.8. The van der Waals surface area contributed by atoms with Gasteiger partial charge < -0.3 is 19.6 Å². The number of aromatic nitrogens is 4. The first-order valence-corrected chi connectivity index (χ1v) is 10.3. The Hall–Kier alpha value is -4.30. The standard InChI is InChI=1S/C24H17ClN4O4/c25-18-7-4-15(5-8-18)14-32-19-3-1-2-16(10-19)17-6-9-21-22(11-17)28-23(27-21)29-13-20(12-26-29)33-24(30)31/h1-13H,14H2,(H,27,28)(H,30,31). The number of fused-ring (bicyclic) bond motifs is 1. The van der Waals surface area contributed by atoms with E-state index in [0.29, 0.717) is 17.6 Å². The number of carbonyl (C=O) groups is 1. The second-order valence-electron chi connectivity index (χ2n) is 7.22. The van der Waals surface area contributed by atoms with Crippen molar-refractivity contribution in [2.45, 2.75) is 6.61 Å². The van der Waals surface area contributed by atoms with Crippen LogP contribution in [0.25, 0.3) is 28.1 Å². The number of rotatable bonds is 6. The first-order valence-electron chi connectivity index (χ1n) is 9.97. The predicted molar refractivity (Wildman–Crippen MR) is 123 cm³/mol. The lowest BCUT2D eigenvalue weighted by Gasteiger charge is -2.09. The van der Waals surface area contributed by atoms with Gasteiger partial charge in [-0.05, 0) is 53.1 Å². The summed E-state index contributed by atoms with van der Waals surface area (Å²) in [6, 6.07) is 21.3. The molecule has 0 saturated heterocycles. The molecule has 164 valence electrons. The number of benzene rings is 3. The van der Waals surface area contributed by atoms with Gasteiger partial charge >= 0.3 is 6.16 Å². The highest BCUT2D eigenvalue weighted by molar-refractivity contribution is 6.30. The van der Waals surface area contributed by atoms with Crippen LogP contribution in [0, 0.1) is 0 Å². The van der Waals surface area contributed by atoms with E-state index in [4.69, 9.17) is 21.4 Å². The maximum Gasteiger partial charge on any atom is 0.511 e. The fourth-order valence-electron chi connectivity index (χ4n) is 3.37. The van der Waals surface area contributed by atoms with Gasteiger partial charge in [0.05, 0.1) is 23.4 Å². The molecule has 0 saturated carbocycles. The van der Waals surface area contributed by atoms with E-state index in [-0.39, 0.29) is 5.75 Å². The van der Waals surface area contributed by atoms with E-state index in [1.807, 2.05) is 66.7 Å². The molecule has 0 aliphatic rings. The summed E-state index contributed by atoms with van der Waals surface area (Å²) >= 11 is 5.93. The minimum atomic E-state index is -1.40. The molecule has 0 radical (unpaired) electrons. The normalized spacial score (nSPS) is 10.9. The fraction of sp³-hybridized carbons (Fsp3) is 0.0417. The molecule has 0 bridgehead atoms. The van der Waals surface area contributed by atoms with E-state index < -0.39 is 6.16 Å². The van der Waals surface area contributed by atoms with Crippen molar-refractivity contribution in [2.75, 3.05) is 0 Å². The Balaban J connectivity index is 1.36. The van der Waals surface area contributed by atoms with Crippen LogP contribution in [0.2, 0.25) is 5.02 Å². The molecule has 2 aromatic heterocycles. The Labute approximate surface area is 193 Å². The van der Waals surface area contributed by atoms with Gasteiger partial charge in [-0.25, -0.2) is 14.5 Å². The third-order valence-electron chi connectivity index (χ3n) is 4.94. The molecule has 0 atom stereocenters. The van der Waals surface area contributed by atoms with Gasteiger partial charge in [0.15, 0.2) is 5.75 Å². The Morgan fingerprint density at radius 1 is 1.03 bits per heavy atom. The van der Waals surface area contributed by atoms with Crippen molar-refractivity contribution in [3.05, 3.63) is 89.7 Å². The number of ether oxygens (including phenoxy) is 2. The minimum absolute atomic E-state index is 0.110. The summed E-state index contributed by atoms with van der Waals surface area (Å²) in [5.74, 6) is 1.31. The monoisotopic (exact) mass is 460 g/mol. The summed E-state index contributed by atoms with van der Waals surface area (Å²) in [7, 11) is 0. The molecule has 0 unspecified atom stereocenters. The molecule has 33 heavy (non-hydrogen) atoms. The molecule has 2 N–H and O–H groups in total. The Morgan fingerprint density at radius 3 is 2.67 bits per heavy atom. The summed E-state index contributed by atoms with van der Waals surface area (Å²) in [6.07, 6.45) is 1.35. The van der Waals surface area contributed by atoms with Crippen molar-refractivity contribution < 1.29 is 19.4 Å². The molecular weight excluding hydrogens is 444 g/mol. The highest BCUT2D eigenvalue weighted by Crippen LogP contribution is 2.27. The van der Waals surface area contributed by atoms with E-state index >= 15 is 0 Å². The van der Waals surface area contributed by atoms with Crippen LogP contribution in [-0.4, -0.2) is 31.0 Å². The quantitative estimate of drug-likeness (QED) is 0.315. The van der Waals surface area contributed by atoms with Crippen molar-refractivity contribution in [2.24, 2.45) is 0 Å². The van der Waals surface area contributed by atoms with Crippen molar-refractivity contribution in [1.29, 1.82) is 0 Å². The highest BCUT2D eigenvalue weighted by atomic mass is 35.5. The number of carboxylic acid groups (broad SMARTS) is 1.